The molecule has 0 bridgehead atoms. The number of carbonyl (C=O) groups is 3. The van der Waals surface area contributed by atoms with Crippen molar-refractivity contribution < 1.29 is 23.9 Å². The summed E-state index contributed by atoms with van der Waals surface area (Å²) >= 11 is 2.84. The van der Waals surface area contributed by atoms with Gasteiger partial charge in [0.1, 0.15) is 5.00 Å². The smallest absolute Gasteiger partial charge is 0.341 e. The summed E-state index contributed by atoms with van der Waals surface area (Å²) in [5.41, 5.74) is 1.55. The van der Waals surface area contributed by atoms with Gasteiger partial charge in [0.15, 0.2) is 0 Å². The third-order valence-electron chi connectivity index (χ3n) is 4.16. The zero-order chi connectivity index (χ0) is 19.1. The summed E-state index contributed by atoms with van der Waals surface area (Å²) in [4.78, 5) is 36.9. The molecule has 0 spiro atoms. The highest BCUT2D eigenvalue weighted by molar-refractivity contribution is 7.99. The van der Waals surface area contributed by atoms with E-state index in [1.165, 1.54) is 35.1 Å². The quantitative estimate of drug-likeness (QED) is 0.534. The van der Waals surface area contributed by atoms with Gasteiger partial charge in [0.25, 0.3) is 0 Å². The van der Waals surface area contributed by atoms with Crippen molar-refractivity contribution in [2.75, 3.05) is 30.5 Å². The molecule has 1 aromatic heterocycles. The second-order valence-electron chi connectivity index (χ2n) is 6.20. The van der Waals surface area contributed by atoms with Crippen molar-refractivity contribution in [1.82, 2.24) is 0 Å². The summed E-state index contributed by atoms with van der Waals surface area (Å²) in [6, 6.07) is 0. The van der Waals surface area contributed by atoms with E-state index in [0.29, 0.717) is 28.8 Å². The lowest BCUT2D eigenvalue weighted by molar-refractivity contribution is -0.140. The summed E-state index contributed by atoms with van der Waals surface area (Å²) in [5, 5.41) is 3.45. The lowest BCUT2D eigenvalue weighted by Gasteiger charge is -2.18. The second kappa shape index (κ2) is 9.97. The first-order valence-corrected chi connectivity index (χ1v) is 10.7. The third-order valence-corrected chi connectivity index (χ3v) is 6.28. The van der Waals surface area contributed by atoms with Crippen LogP contribution in [0.5, 0.6) is 0 Å². The number of methoxy groups -OCH3 is 1. The highest BCUT2D eigenvalue weighted by Gasteiger charge is 2.29. The molecule has 1 aliphatic rings. The number of thiophene rings is 1. The minimum atomic E-state index is -0.367. The molecule has 0 fully saturated rings. The number of carbonyl (C=O) groups excluding carboxylic acids is 3. The van der Waals surface area contributed by atoms with Gasteiger partial charge in [-0.25, -0.2) is 4.79 Å². The van der Waals surface area contributed by atoms with Crippen molar-refractivity contribution >= 4 is 45.9 Å². The van der Waals surface area contributed by atoms with E-state index < -0.39 is 0 Å². The van der Waals surface area contributed by atoms with E-state index in [4.69, 9.17) is 4.74 Å². The molecule has 144 valence electrons. The Hall–Kier alpha value is -1.54. The van der Waals surface area contributed by atoms with Crippen molar-refractivity contribution in [3.63, 3.8) is 0 Å². The molecule has 1 atom stereocenters. The van der Waals surface area contributed by atoms with Crippen LogP contribution in [0.3, 0.4) is 0 Å². The van der Waals surface area contributed by atoms with Crippen LogP contribution in [-0.4, -0.2) is 43.1 Å². The molecule has 8 heteroatoms. The Morgan fingerprint density at radius 1 is 1.35 bits per heavy atom. The molecule has 1 aliphatic carbocycles. The Morgan fingerprint density at radius 3 is 2.81 bits per heavy atom. The zero-order valence-corrected chi connectivity index (χ0v) is 17.0. The van der Waals surface area contributed by atoms with Gasteiger partial charge in [0, 0.05) is 10.6 Å². The molecular weight excluding hydrogens is 374 g/mol. The molecule has 6 nitrogen and oxygen atoms in total. The van der Waals surface area contributed by atoms with Gasteiger partial charge in [-0.15, -0.1) is 11.3 Å². The number of rotatable bonds is 8. The van der Waals surface area contributed by atoms with Crippen LogP contribution in [0.4, 0.5) is 5.00 Å². The molecule has 0 aliphatic heterocycles. The van der Waals surface area contributed by atoms with Gasteiger partial charge in [0.05, 0.1) is 31.5 Å². The van der Waals surface area contributed by atoms with Crippen molar-refractivity contribution in [3.8, 4) is 0 Å². The van der Waals surface area contributed by atoms with E-state index in [1.807, 2.05) is 0 Å². The largest absolute Gasteiger partial charge is 0.469 e. The van der Waals surface area contributed by atoms with Crippen LogP contribution in [0.25, 0.3) is 0 Å². The van der Waals surface area contributed by atoms with Crippen LogP contribution in [0, 0.1) is 5.92 Å². The fourth-order valence-corrected chi connectivity index (χ4v) is 4.97. The lowest BCUT2D eigenvalue weighted by atomic mass is 9.88. The van der Waals surface area contributed by atoms with Gasteiger partial charge in [-0.2, -0.15) is 11.8 Å². The first-order chi connectivity index (χ1) is 12.5. The first-order valence-electron chi connectivity index (χ1n) is 8.72. The first kappa shape index (κ1) is 20.8. The van der Waals surface area contributed by atoms with Gasteiger partial charge in [-0.3, -0.25) is 9.59 Å². The Labute approximate surface area is 162 Å². The van der Waals surface area contributed by atoms with Gasteiger partial charge in [-0.1, -0.05) is 6.92 Å². The average Bonchev–Trinajstić information content (AvgIpc) is 2.95. The highest BCUT2D eigenvalue weighted by atomic mass is 32.2. The normalized spacial score (nSPS) is 15.9. The van der Waals surface area contributed by atoms with Crippen LogP contribution in [0.15, 0.2) is 0 Å². The topological polar surface area (TPSA) is 81.7 Å². The summed E-state index contributed by atoms with van der Waals surface area (Å²) in [7, 11) is 1.34. The predicted molar refractivity (Wildman–Crippen MR) is 104 cm³/mol. The SMILES string of the molecule is CCOC(=O)c1c(NC(=O)CSCCC(=O)OC)sc2c1CC[C@H](C)C2. The number of esters is 2. The van der Waals surface area contributed by atoms with Crippen molar-refractivity contribution in [2.24, 2.45) is 5.92 Å². The Balaban J connectivity index is 2.04. The van der Waals surface area contributed by atoms with Crippen LogP contribution in [0.1, 0.15) is 47.5 Å². The maximum atomic E-state index is 12.4. The second-order valence-corrected chi connectivity index (χ2v) is 8.41. The molecule has 1 amide bonds. The number of hydrogen-bond acceptors (Lipinski definition) is 7. The van der Waals surface area contributed by atoms with E-state index in [0.717, 1.165) is 24.8 Å². The zero-order valence-electron chi connectivity index (χ0n) is 15.4. The molecule has 0 saturated heterocycles. The van der Waals surface area contributed by atoms with Crippen molar-refractivity contribution in [2.45, 2.75) is 39.5 Å². The molecule has 1 N–H and O–H groups in total. The Bertz CT molecular complexity index is 671. The molecule has 1 aromatic rings. The molecule has 0 saturated carbocycles. The van der Waals surface area contributed by atoms with Crippen LogP contribution >= 0.6 is 23.1 Å². The van der Waals surface area contributed by atoms with Gasteiger partial charge in [-0.05, 0) is 37.7 Å². The standard InChI is InChI=1S/C18H25NO5S2/c1-4-24-18(22)16-12-6-5-11(2)9-13(12)26-17(16)19-14(20)10-25-8-7-15(21)23-3/h11H,4-10H2,1-3H3,(H,19,20)/t11-/m0/s1. The molecule has 0 unspecified atom stereocenters. The number of thioether (sulfide) groups is 1. The number of amides is 1. The number of anilines is 1. The van der Waals surface area contributed by atoms with Crippen LogP contribution < -0.4 is 5.32 Å². The number of nitrogens with one attached hydrogen (secondary N) is 1. The minimum absolute atomic E-state index is 0.183. The van der Waals surface area contributed by atoms with E-state index in [9.17, 15) is 14.4 Å². The minimum Gasteiger partial charge on any atom is -0.469 e. The van der Waals surface area contributed by atoms with Crippen LogP contribution in [-0.2, 0) is 31.9 Å². The third kappa shape index (κ3) is 5.48. The highest BCUT2D eigenvalue weighted by Crippen LogP contribution is 2.40. The number of fused-ring (bicyclic) bond motifs is 1. The summed E-state index contributed by atoms with van der Waals surface area (Å²) in [6.45, 7) is 4.27. The van der Waals surface area contributed by atoms with Crippen LogP contribution in [0.2, 0.25) is 0 Å². The maximum Gasteiger partial charge on any atom is 0.341 e. The molecule has 0 radical (unpaired) electrons. The van der Waals surface area contributed by atoms with Crippen molar-refractivity contribution in [3.05, 3.63) is 16.0 Å². The molecule has 0 aromatic carbocycles. The monoisotopic (exact) mass is 399 g/mol. The van der Waals surface area contributed by atoms with E-state index in [1.54, 1.807) is 6.92 Å². The maximum absolute atomic E-state index is 12.4. The van der Waals surface area contributed by atoms with Gasteiger partial charge < -0.3 is 14.8 Å². The Kier molecular flexibility index (Phi) is 7.96. The number of hydrogen-bond donors (Lipinski definition) is 1. The fraction of sp³-hybridized carbons (Fsp3) is 0.611. The van der Waals surface area contributed by atoms with E-state index in [2.05, 4.69) is 17.0 Å². The fourth-order valence-electron chi connectivity index (χ4n) is 2.84. The van der Waals surface area contributed by atoms with E-state index in [-0.39, 0.29) is 30.0 Å². The van der Waals surface area contributed by atoms with Gasteiger partial charge >= 0.3 is 11.9 Å². The lowest BCUT2D eigenvalue weighted by Crippen LogP contribution is -2.18. The summed E-state index contributed by atoms with van der Waals surface area (Å²) in [5.74, 6) is 0.475. The van der Waals surface area contributed by atoms with Gasteiger partial charge in [0.2, 0.25) is 5.91 Å². The summed E-state index contributed by atoms with van der Waals surface area (Å²) in [6.07, 6.45) is 3.07. The van der Waals surface area contributed by atoms with E-state index >= 15 is 0 Å². The predicted octanol–water partition coefficient (Wildman–Crippen LogP) is 3.28. The number of ether oxygens (including phenoxy) is 2. The molecule has 26 heavy (non-hydrogen) atoms. The molecular formula is C18H25NO5S2. The Morgan fingerprint density at radius 2 is 2.12 bits per heavy atom. The molecule has 1 heterocycles. The molecule has 2 rings (SSSR count). The van der Waals surface area contributed by atoms with Crippen molar-refractivity contribution in [1.29, 1.82) is 0 Å². The summed E-state index contributed by atoms with van der Waals surface area (Å²) < 4.78 is 9.77. The average molecular weight is 400 g/mol.